The predicted octanol–water partition coefficient (Wildman–Crippen LogP) is 2.29. The van der Waals surface area contributed by atoms with E-state index >= 15 is 0 Å². The van der Waals surface area contributed by atoms with Gasteiger partial charge in [0.05, 0.1) is 11.4 Å². The van der Waals surface area contributed by atoms with Gasteiger partial charge in [0.15, 0.2) is 5.16 Å². The van der Waals surface area contributed by atoms with Crippen molar-refractivity contribution in [2.75, 3.05) is 6.26 Å². The number of thioether (sulfide) groups is 1. The summed E-state index contributed by atoms with van der Waals surface area (Å²) in [5.41, 5.74) is 4.88. The summed E-state index contributed by atoms with van der Waals surface area (Å²) in [7, 11) is 0. The predicted molar refractivity (Wildman–Crippen MR) is 61.0 cm³/mol. The molecule has 15 heavy (non-hydrogen) atoms. The molecule has 0 amide bonds. The van der Waals surface area contributed by atoms with Crippen LogP contribution in [0.1, 0.15) is 11.1 Å². The number of H-pyrrole nitrogens is 1. The quantitative estimate of drug-likeness (QED) is 0.588. The monoisotopic (exact) mass is 217 g/mol. The third-order valence-electron chi connectivity index (χ3n) is 2.76. The molecule has 0 unspecified atom stereocenters. The molecule has 1 aliphatic rings. The minimum absolute atomic E-state index is 0.844. The molecular formula is C11H11N3S. The van der Waals surface area contributed by atoms with Crippen molar-refractivity contribution in [3.05, 3.63) is 29.6 Å². The fourth-order valence-electron chi connectivity index (χ4n) is 1.99. The number of nitrogens with one attached hydrogen (secondary N) is 1. The lowest BCUT2D eigenvalue weighted by Crippen LogP contribution is -2.06. The molecule has 0 aromatic carbocycles. The van der Waals surface area contributed by atoms with Crippen molar-refractivity contribution in [3.8, 4) is 11.4 Å². The number of rotatable bonds is 1. The standard InChI is InChI=1S/C11H11N3S/c1-15-11-13-6-8-3-2-7-4-5-12-9(7)10(8)14-11/h4-6,12H,2-3H2,1H3. The molecule has 2 aromatic heterocycles. The number of aromatic nitrogens is 3. The smallest absolute Gasteiger partial charge is 0.187 e. The Morgan fingerprint density at radius 3 is 3.07 bits per heavy atom. The summed E-state index contributed by atoms with van der Waals surface area (Å²) in [4.78, 5) is 12.1. The van der Waals surface area contributed by atoms with Gasteiger partial charge in [-0.05, 0) is 36.3 Å². The number of aromatic amines is 1. The van der Waals surface area contributed by atoms with Crippen LogP contribution in [0, 0.1) is 0 Å². The molecule has 2 heterocycles. The van der Waals surface area contributed by atoms with E-state index < -0.39 is 0 Å². The Morgan fingerprint density at radius 1 is 1.33 bits per heavy atom. The van der Waals surface area contributed by atoms with Gasteiger partial charge in [0, 0.05) is 12.4 Å². The molecule has 0 bridgehead atoms. The van der Waals surface area contributed by atoms with Gasteiger partial charge in [-0.3, -0.25) is 0 Å². The molecule has 76 valence electrons. The van der Waals surface area contributed by atoms with Crippen molar-refractivity contribution in [1.82, 2.24) is 15.0 Å². The fraction of sp³-hybridized carbons (Fsp3) is 0.273. The average Bonchev–Trinajstić information content (AvgIpc) is 2.76. The average molecular weight is 217 g/mol. The number of nitrogens with zero attached hydrogens (tertiary/aromatic N) is 2. The van der Waals surface area contributed by atoms with Crippen LogP contribution in [-0.2, 0) is 12.8 Å². The molecule has 1 aliphatic carbocycles. The molecule has 0 spiro atoms. The summed E-state index contributed by atoms with van der Waals surface area (Å²) in [6.07, 6.45) is 8.08. The molecule has 2 aromatic rings. The van der Waals surface area contributed by atoms with Crippen molar-refractivity contribution in [2.24, 2.45) is 0 Å². The third-order valence-corrected chi connectivity index (χ3v) is 3.32. The van der Waals surface area contributed by atoms with E-state index in [9.17, 15) is 0 Å². The number of aryl methyl sites for hydroxylation is 2. The zero-order valence-electron chi connectivity index (χ0n) is 8.45. The van der Waals surface area contributed by atoms with Crippen LogP contribution in [0.3, 0.4) is 0 Å². The third kappa shape index (κ3) is 1.36. The molecule has 1 N–H and O–H groups in total. The molecule has 0 fully saturated rings. The van der Waals surface area contributed by atoms with Crippen LogP contribution in [0.25, 0.3) is 11.4 Å². The van der Waals surface area contributed by atoms with Gasteiger partial charge in [0.1, 0.15) is 0 Å². The van der Waals surface area contributed by atoms with Crippen LogP contribution in [0.2, 0.25) is 0 Å². The maximum Gasteiger partial charge on any atom is 0.187 e. The lowest BCUT2D eigenvalue weighted by Gasteiger charge is -2.15. The van der Waals surface area contributed by atoms with Crippen LogP contribution in [0.4, 0.5) is 0 Å². The first-order valence-corrected chi connectivity index (χ1v) is 6.17. The second kappa shape index (κ2) is 3.38. The maximum atomic E-state index is 4.57. The zero-order chi connectivity index (χ0) is 10.3. The first kappa shape index (κ1) is 8.97. The molecule has 3 rings (SSSR count). The highest BCUT2D eigenvalue weighted by atomic mass is 32.2. The minimum atomic E-state index is 0.844. The number of hydrogen-bond acceptors (Lipinski definition) is 3. The van der Waals surface area contributed by atoms with E-state index in [0.717, 1.165) is 23.7 Å². The van der Waals surface area contributed by atoms with E-state index in [1.165, 1.54) is 16.8 Å². The Hall–Kier alpha value is -1.29. The van der Waals surface area contributed by atoms with E-state index in [-0.39, 0.29) is 0 Å². The van der Waals surface area contributed by atoms with Crippen molar-refractivity contribution in [3.63, 3.8) is 0 Å². The minimum Gasteiger partial charge on any atom is -0.360 e. The Bertz CT molecular complexity index is 504. The van der Waals surface area contributed by atoms with E-state index in [0.29, 0.717) is 0 Å². The molecule has 0 saturated heterocycles. The molecule has 0 saturated carbocycles. The SMILES string of the molecule is CSc1ncc2c(n1)-c1[nH]ccc1CC2. The second-order valence-corrected chi connectivity index (χ2v) is 4.38. The van der Waals surface area contributed by atoms with Crippen LogP contribution in [0.5, 0.6) is 0 Å². The van der Waals surface area contributed by atoms with Gasteiger partial charge in [-0.2, -0.15) is 0 Å². The van der Waals surface area contributed by atoms with Gasteiger partial charge >= 0.3 is 0 Å². The lowest BCUT2D eigenvalue weighted by atomic mass is 9.96. The Morgan fingerprint density at radius 2 is 2.20 bits per heavy atom. The van der Waals surface area contributed by atoms with E-state index in [1.807, 2.05) is 18.6 Å². The van der Waals surface area contributed by atoms with Crippen molar-refractivity contribution < 1.29 is 0 Å². The molecule has 4 heteroatoms. The maximum absolute atomic E-state index is 4.57. The fourth-order valence-corrected chi connectivity index (χ4v) is 2.33. The summed E-state index contributed by atoms with van der Waals surface area (Å²) in [5.74, 6) is 0. The van der Waals surface area contributed by atoms with Crippen molar-refractivity contribution in [1.29, 1.82) is 0 Å². The highest BCUT2D eigenvalue weighted by Crippen LogP contribution is 2.31. The van der Waals surface area contributed by atoms with Crippen LogP contribution < -0.4 is 0 Å². The second-order valence-electron chi connectivity index (χ2n) is 3.61. The summed E-state index contributed by atoms with van der Waals surface area (Å²) >= 11 is 1.58. The summed E-state index contributed by atoms with van der Waals surface area (Å²) in [6.45, 7) is 0. The highest BCUT2D eigenvalue weighted by molar-refractivity contribution is 7.98. The van der Waals surface area contributed by atoms with Gasteiger partial charge in [-0.25, -0.2) is 9.97 Å². The van der Waals surface area contributed by atoms with Gasteiger partial charge in [-0.1, -0.05) is 11.8 Å². The Labute approximate surface area is 92.3 Å². The Kier molecular flexibility index (Phi) is 2.02. The normalized spacial score (nSPS) is 13.4. The molecular weight excluding hydrogens is 206 g/mol. The largest absolute Gasteiger partial charge is 0.360 e. The zero-order valence-corrected chi connectivity index (χ0v) is 9.27. The Balaban J connectivity index is 2.21. The summed E-state index contributed by atoms with van der Waals surface area (Å²) in [6, 6.07) is 2.14. The summed E-state index contributed by atoms with van der Waals surface area (Å²) < 4.78 is 0. The van der Waals surface area contributed by atoms with Crippen LogP contribution in [0.15, 0.2) is 23.6 Å². The molecule has 0 atom stereocenters. The highest BCUT2D eigenvalue weighted by Gasteiger charge is 2.18. The first-order valence-electron chi connectivity index (χ1n) is 4.95. The van der Waals surface area contributed by atoms with Crippen molar-refractivity contribution in [2.45, 2.75) is 18.0 Å². The van der Waals surface area contributed by atoms with Gasteiger partial charge in [0.2, 0.25) is 0 Å². The lowest BCUT2D eigenvalue weighted by molar-refractivity contribution is 0.867. The summed E-state index contributed by atoms with van der Waals surface area (Å²) in [5, 5.41) is 0.844. The molecule has 0 aliphatic heterocycles. The van der Waals surface area contributed by atoms with Crippen molar-refractivity contribution >= 4 is 11.8 Å². The van der Waals surface area contributed by atoms with E-state index in [4.69, 9.17) is 0 Å². The number of hydrogen-bond donors (Lipinski definition) is 1. The number of fused-ring (bicyclic) bond motifs is 3. The van der Waals surface area contributed by atoms with Gasteiger partial charge in [-0.15, -0.1) is 0 Å². The van der Waals surface area contributed by atoms with E-state index in [2.05, 4.69) is 21.0 Å². The van der Waals surface area contributed by atoms with Crippen LogP contribution >= 0.6 is 11.8 Å². The first-order chi connectivity index (χ1) is 7.38. The van der Waals surface area contributed by atoms with Crippen LogP contribution in [-0.4, -0.2) is 21.2 Å². The van der Waals surface area contributed by atoms with E-state index in [1.54, 1.807) is 11.8 Å². The molecule has 0 radical (unpaired) electrons. The topological polar surface area (TPSA) is 41.6 Å². The molecule has 3 nitrogen and oxygen atoms in total. The van der Waals surface area contributed by atoms with Gasteiger partial charge in [0.25, 0.3) is 0 Å². The van der Waals surface area contributed by atoms with Gasteiger partial charge < -0.3 is 4.98 Å².